The zero-order valence-corrected chi connectivity index (χ0v) is 8.39. The topological polar surface area (TPSA) is 66.0 Å². The molecule has 0 bridgehead atoms. The van der Waals surface area contributed by atoms with Crippen molar-refractivity contribution in [3.63, 3.8) is 0 Å². The third-order valence-corrected chi connectivity index (χ3v) is 1.93. The highest BCUT2D eigenvalue weighted by Gasteiger charge is 2.11. The molecule has 0 spiro atoms. The standard InChI is InChI=1S/C9H16N4O/c1-3-4-8(10)9-12-11-7-13(9)5-6-14-2/h3,7-8H,1,4-6,10H2,2H3. The molecule has 0 aliphatic carbocycles. The van der Waals surface area contributed by atoms with Crippen LogP contribution in [0.15, 0.2) is 19.0 Å². The molecule has 1 unspecified atom stereocenters. The molecule has 1 heterocycles. The number of aromatic nitrogens is 3. The maximum atomic E-state index is 5.89. The highest BCUT2D eigenvalue weighted by Crippen LogP contribution is 2.10. The molecule has 1 atom stereocenters. The lowest BCUT2D eigenvalue weighted by Crippen LogP contribution is -2.17. The Labute approximate surface area is 83.6 Å². The number of hydrogen-bond donors (Lipinski definition) is 1. The number of nitrogens with zero attached hydrogens (tertiary/aromatic N) is 3. The van der Waals surface area contributed by atoms with Crippen molar-refractivity contribution in [1.82, 2.24) is 14.8 Å². The van der Waals surface area contributed by atoms with Crippen LogP contribution < -0.4 is 5.73 Å². The van der Waals surface area contributed by atoms with Crippen LogP contribution in [0.1, 0.15) is 18.3 Å². The summed E-state index contributed by atoms with van der Waals surface area (Å²) in [4.78, 5) is 0. The Bertz CT molecular complexity index is 284. The molecule has 0 fully saturated rings. The summed E-state index contributed by atoms with van der Waals surface area (Å²) in [5.41, 5.74) is 5.89. The number of hydrogen-bond acceptors (Lipinski definition) is 4. The van der Waals surface area contributed by atoms with Crippen LogP contribution in [-0.2, 0) is 11.3 Å². The lowest BCUT2D eigenvalue weighted by Gasteiger charge is -2.10. The molecule has 0 saturated carbocycles. The van der Waals surface area contributed by atoms with Crippen molar-refractivity contribution < 1.29 is 4.74 Å². The van der Waals surface area contributed by atoms with E-state index in [-0.39, 0.29) is 6.04 Å². The van der Waals surface area contributed by atoms with E-state index in [4.69, 9.17) is 10.5 Å². The average molecular weight is 196 g/mol. The molecule has 2 N–H and O–H groups in total. The van der Waals surface area contributed by atoms with Crippen molar-refractivity contribution in [2.45, 2.75) is 19.0 Å². The van der Waals surface area contributed by atoms with E-state index < -0.39 is 0 Å². The van der Waals surface area contributed by atoms with Crippen LogP contribution in [0.2, 0.25) is 0 Å². The Kier molecular flexibility index (Phi) is 4.28. The summed E-state index contributed by atoms with van der Waals surface area (Å²) in [5, 5.41) is 7.79. The number of methoxy groups -OCH3 is 1. The van der Waals surface area contributed by atoms with Crippen LogP contribution in [0.3, 0.4) is 0 Å². The molecule has 0 aliphatic rings. The maximum Gasteiger partial charge on any atom is 0.150 e. The molecule has 78 valence electrons. The monoisotopic (exact) mass is 196 g/mol. The second kappa shape index (κ2) is 5.51. The van der Waals surface area contributed by atoms with E-state index in [1.807, 2.05) is 4.57 Å². The molecule has 0 amide bonds. The van der Waals surface area contributed by atoms with Gasteiger partial charge in [0.2, 0.25) is 0 Å². The van der Waals surface area contributed by atoms with E-state index in [9.17, 15) is 0 Å². The molecule has 0 saturated heterocycles. The summed E-state index contributed by atoms with van der Waals surface area (Å²) in [6.07, 6.45) is 4.14. The first-order valence-electron chi connectivity index (χ1n) is 4.52. The van der Waals surface area contributed by atoms with Crippen molar-refractivity contribution in [1.29, 1.82) is 0 Å². The molecule has 1 aromatic rings. The van der Waals surface area contributed by atoms with Crippen LogP contribution >= 0.6 is 0 Å². The first-order chi connectivity index (χ1) is 6.79. The van der Waals surface area contributed by atoms with Gasteiger partial charge in [-0.1, -0.05) is 6.08 Å². The molecular formula is C9H16N4O. The second-order valence-corrected chi connectivity index (χ2v) is 3.01. The summed E-state index contributed by atoms with van der Waals surface area (Å²) in [7, 11) is 1.66. The average Bonchev–Trinajstić information content (AvgIpc) is 2.63. The van der Waals surface area contributed by atoms with Crippen molar-refractivity contribution in [2.24, 2.45) is 5.73 Å². The van der Waals surface area contributed by atoms with Gasteiger partial charge in [-0.15, -0.1) is 16.8 Å². The van der Waals surface area contributed by atoms with Crippen molar-refractivity contribution in [2.75, 3.05) is 13.7 Å². The first-order valence-corrected chi connectivity index (χ1v) is 4.52. The minimum Gasteiger partial charge on any atom is -0.383 e. The van der Waals surface area contributed by atoms with E-state index in [0.717, 1.165) is 12.4 Å². The molecule has 1 rings (SSSR count). The lowest BCUT2D eigenvalue weighted by atomic mass is 10.2. The fraction of sp³-hybridized carbons (Fsp3) is 0.556. The van der Waals surface area contributed by atoms with Gasteiger partial charge >= 0.3 is 0 Å². The predicted octanol–water partition coefficient (Wildman–Crippen LogP) is 0.500. The molecule has 14 heavy (non-hydrogen) atoms. The Balaban J connectivity index is 2.65. The Morgan fingerprint density at radius 1 is 1.79 bits per heavy atom. The molecule has 0 aliphatic heterocycles. The minimum atomic E-state index is -0.133. The zero-order chi connectivity index (χ0) is 10.4. The first kappa shape index (κ1) is 10.9. The maximum absolute atomic E-state index is 5.89. The molecule has 5 nitrogen and oxygen atoms in total. The van der Waals surface area contributed by atoms with Gasteiger partial charge in [-0.25, -0.2) is 0 Å². The third kappa shape index (κ3) is 2.65. The number of ether oxygens (including phenoxy) is 1. The van der Waals surface area contributed by atoms with Gasteiger partial charge in [-0.3, -0.25) is 0 Å². The lowest BCUT2D eigenvalue weighted by molar-refractivity contribution is 0.186. The smallest absolute Gasteiger partial charge is 0.150 e. The number of nitrogens with two attached hydrogens (primary N) is 1. The van der Waals surface area contributed by atoms with E-state index in [2.05, 4.69) is 16.8 Å². The summed E-state index contributed by atoms with van der Waals surface area (Å²) in [6, 6.07) is -0.133. The molecular weight excluding hydrogens is 180 g/mol. The van der Waals surface area contributed by atoms with Gasteiger partial charge in [0.05, 0.1) is 12.6 Å². The highest BCUT2D eigenvalue weighted by atomic mass is 16.5. The Hall–Kier alpha value is -1.20. The van der Waals surface area contributed by atoms with Crippen LogP contribution in [-0.4, -0.2) is 28.5 Å². The van der Waals surface area contributed by atoms with Crippen molar-refractivity contribution in [3.05, 3.63) is 24.8 Å². The van der Waals surface area contributed by atoms with E-state index in [0.29, 0.717) is 13.0 Å². The SMILES string of the molecule is C=CCC(N)c1nncn1CCOC. The van der Waals surface area contributed by atoms with Crippen LogP contribution in [0.5, 0.6) is 0 Å². The van der Waals surface area contributed by atoms with E-state index in [1.165, 1.54) is 0 Å². The van der Waals surface area contributed by atoms with Gasteiger partial charge in [0, 0.05) is 13.7 Å². The van der Waals surface area contributed by atoms with Gasteiger partial charge in [-0.2, -0.15) is 0 Å². The van der Waals surface area contributed by atoms with Crippen LogP contribution in [0.25, 0.3) is 0 Å². The zero-order valence-electron chi connectivity index (χ0n) is 8.39. The second-order valence-electron chi connectivity index (χ2n) is 3.01. The number of rotatable bonds is 6. The fourth-order valence-electron chi connectivity index (χ4n) is 1.20. The summed E-state index contributed by atoms with van der Waals surface area (Å²) < 4.78 is 6.87. The fourth-order valence-corrected chi connectivity index (χ4v) is 1.20. The highest BCUT2D eigenvalue weighted by molar-refractivity contribution is 4.96. The molecule has 0 radical (unpaired) electrons. The largest absolute Gasteiger partial charge is 0.383 e. The van der Waals surface area contributed by atoms with Crippen LogP contribution in [0, 0.1) is 0 Å². The van der Waals surface area contributed by atoms with Crippen molar-refractivity contribution in [3.8, 4) is 0 Å². The summed E-state index contributed by atoms with van der Waals surface area (Å²) >= 11 is 0. The van der Waals surface area contributed by atoms with E-state index in [1.54, 1.807) is 19.5 Å². The van der Waals surface area contributed by atoms with Crippen LogP contribution in [0.4, 0.5) is 0 Å². The molecule has 5 heteroatoms. The minimum absolute atomic E-state index is 0.133. The Morgan fingerprint density at radius 3 is 3.21 bits per heavy atom. The normalized spacial score (nSPS) is 12.7. The van der Waals surface area contributed by atoms with Gasteiger partial charge in [0.1, 0.15) is 12.2 Å². The third-order valence-electron chi connectivity index (χ3n) is 1.93. The quantitative estimate of drug-likeness (QED) is 0.673. The predicted molar refractivity (Wildman–Crippen MR) is 53.6 cm³/mol. The summed E-state index contributed by atoms with van der Waals surface area (Å²) in [6.45, 7) is 5.00. The van der Waals surface area contributed by atoms with Gasteiger partial charge in [0.15, 0.2) is 0 Å². The van der Waals surface area contributed by atoms with Crippen molar-refractivity contribution >= 4 is 0 Å². The summed E-state index contributed by atoms with van der Waals surface area (Å²) in [5.74, 6) is 0.780. The van der Waals surface area contributed by atoms with Gasteiger partial charge < -0.3 is 15.0 Å². The molecule has 0 aromatic carbocycles. The molecule has 1 aromatic heterocycles. The Morgan fingerprint density at radius 2 is 2.57 bits per heavy atom. The van der Waals surface area contributed by atoms with E-state index >= 15 is 0 Å². The van der Waals surface area contributed by atoms with Gasteiger partial charge in [0.25, 0.3) is 0 Å². The van der Waals surface area contributed by atoms with Gasteiger partial charge in [-0.05, 0) is 6.42 Å².